The molecule has 0 amide bonds. The minimum absolute atomic E-state index is 0.0696. The summed E-state index contributed by atoms with van der Waals surface area (Å²) in [5.41, 5.74) is 1.12. The van der Waals surface area contributed by atoms with E-state index in [0.717, 1.165) is 28.9 Å². The first-order valence-electron chi connectivity index (χ1n) is 6.08. The number of nitrogens with one attached hydrogen (secondary N) is 1. The molecule has 1 aromatic carbocycles. The third-order valence-electron chi connectivity index (χ3n) is 2.30. The number of benzene rings is 1. The number of ether oxygens (including phenoxy) is 2. The molecular weight excluding hydrogens is 298 g/mol. The summed E-state index contributed by atoms with van der Waals surface area (Å²) in [6.07, 6.45) is 0. The normalized spacial score (nSPS) is 10.6. The molecule has 0 saturated heterocycles. The second-order valence-corrected chi connectivity index (χ2v) is 4.61. The van der Waals surface area contributed by atoms with Crippen molar-refractivity contribution in [2.45, 2.75) is 13.5 Å². The Morgan fingerprint density at radius 1 is 1.33 bits per heavy atom. The van der Waals surface area contributed by atoms with Crippen molar-refractivity contribution < 1.29 is 14.6 Å². The van der Waals surface area contributed by atoms with Crippen molar-refractivity contribution >= 4 is 15.9 Å². The molecule has 0 bridgehead atoms. The molecule has 0 aliphatic heterocycles. The zero-order valence-electron chi connectivity index (χ0n) is 10.6. The molecule has 0 fully saturated rings. The Kier molecular flexibility index (Phi) is 8.00. The second-order valence-electron chi connectivity index (χ2n) is 3.70. The van der Waals surface area contributed by atoms with Crippen LogP contribution in [-0.4, -0.2) is 38.1 Å². The highest BCUT2D eigenvalue weighted by Crippen LogP contribution is 2.23. The number of aliphatic hydroxyl groups is 1. The fourth-order valence-corrected chi connectivity index (χ4v) is 1.92. The van der Waals surface area contributed by atoms with Crippen LogP contribution >= 0.6 is 15.9 Å². The van der Waals surface area contributed by atoms with Gasteiger partial charge >= 0.3 is 0 Å². The van der Waals surface area contributed by atoms with Crippen molar-refractivity contribution in [1.29, 1.82) is 0 Å². The molecule has 0 saturated carbocycles. The van der Waals surface area contributed by atoms with Gasteiger partial charge in [-0.05, 0) is 25.1 Å². The van der Waals surface area contributed by atoms with Crippen LogP contribution in [0.2, 0.25) is 0 Å². The van der Waals surface area contributed by atoms with Gasteiger partial charge in [0.2, 0.25) is 0 Å². The van der Waals surface area contributed by atoms with Crippen LogP contribution in [0.5, 0.6) is 5.75 Å². The summed E-state index contributed by atoms with van der Waals surface area (Å²) in [6.45, 7) is 5.17. The Balaban J connectivity index is 2.37. The minimum atomic E-state index is 0.0696. The first kappa shape index (κ1) is 15.4. The van der Waals surface area contributed by atoms with Gasteiger partial charge in [-0.3, -0.25) is 0 Å². The Hall–Kier alpha value is -0.620. The van der Waals surface area contributed by atoms with E-state index in [9.17, 15) is 0 Å². The smallest absolute Gasteiger partial charge is 0.123 e. The first-order chi connectivity index (χ1) is 8.77. The third-order valence-corrected chi connectivity index (χ3v) is 2.79. The molecule has 5 heteroatoms. The predicted molar refractivity (Wildman–Crippen MR) is 74.9 cm³/mol. The average molecular weight is 318 g/mol. The van der Waals surface area contributed by atoms with Crippen molar-refractivity contribution in [2.75, 3.05) is 33.0 Å². The van der Waals surface area contributed by atoms with E-state index in [0.29, 0.717) is 19.8 Å². The van der Waals surface area contributed by atoms with Gasteiger partial charge in [-0.2, -0.15) is 0 Å². The van der Waals surface area contributed by atoms with E-state index in [1.807, 2.05) is 25.1 Å². The molecule has 0 unspecified atom stereocenters. The molecule has 1 aromatic rings. The van der Waals surface area contributed by atoms with Crippen LogP contribution in [0.25, 0.3) is 0 Å². The lowest BCUT2D eigenvalue weighted by atomic mass is 10.2. The lowest BCUT2D eigenvalue weighted by Gasteiger charge is -2.11. The predicted octanol–water partition coefficient (Wildman–Crippen LogP) is 1.95. The van der Waals surface area contributed by atoms with Crippen molar-refractivity contribution in [3.63, 3.8) is 0 Å². The number of hydrogen-bond acceptors (Lipinski definition) is 4. The summed E-state index contributed by atoms with van der Waals surface area (Å²) >= 11 is 3.45. The lowest BCUT2D eigenvalue weighted by Crippen LogP contribution is -2.20. The zero-order chi connectivity index (χ0) is 13.2. The number of halogens is 1. The van der Waals surface area contributed by atoms with E-state index in [-0.39, 0.29) is 6.61 Å². The van der Waals surface area contributed by atoms with Gasteiger partial charge in [-0.25, -0.2) is 0 Å². The molecule has 0 spiro atoms. The largest absolute Gasteiger partial charge is 0.494 e. The summed E-state index contributed by atoms with van der Waals surface area (Å²) in [4.78, 5) is 0. The average Bonchev–Trinajstić information content (AvgIpc) is 2.37. The van der Waals surface area contributed by atoms with Crippen LogP contribution in [0, 0.1) is 0 Å². The van der Waals surface area contributed by atoms with E-state index in [4.69, 9.17) is 14.6 Å². The van der Waals surface area contributed by atoms with Crippen LogP contribution in [0.4, 0.5) is 0 Å². The fourth-order valence-electron chi connectivity index (χ4n) is 1.52. The highest BCUT2D eigenvalue weighted by Gasteiger charge is 2.03. The Labute approximate surface area is 116 Å². The van der Waals surface area contributed by atoms with Gasteiger partial charge in [-0.1, -0.05) is 15.9 Å². The molecule has 0 aromatic heterocycles. The minimum Gasteiger partial charge on any atom is -0.494 e. The molecule has 0 heterocycles. The zero-order valence-corrected chi connectivity index (χ0v) is 12.2. The maximum absolute atomic E-state index is 8.56. The van der Waals surface area contributed by atoms with Crippen molar-refractivity contribution in [1.82, 2.24) is 5.32 Å². The van der Waals surface area contributed by atoms with Crippen LogP contribution in [0.1, 0.15) is 12.5 Å². The van der Waals surface area contributed by atoms with Gasteiger partial charge in [0, 0.05) is 23.1 Å². The van der Waals surface area contributed by atoms with Gasteiger partial charge in [0.15, 0.2) is 0 Å². The Bertz CT molecular complexity index is 347. The van der Waals surface area contributed by atoms with E-state index in [1.165, 1.54) is 0 Å². The molecule has 102 valence electrons. The topological polar surface area (TPSA) is 50.7 Å². The van der Waals surface area contributed by atoms with Crippen LogP contribution in [0.3, 0.4) is 0 Å². The quantitative estimate of drug-likeness (QED) is 0.683. The summed E-state index contributed by atoms with van der Waals surface area (Å²) in [5.74, 6) is 0.907. The van der Waals surface area contributed by atoms with E-state index in [2.05, 4.69) is 21.2 Å². The summed E-state index contributed by atoms with van der Waals surface area (Å²) in [6, 6.07) is 5.98. The molecule has 18 heavy (non-hydrogen) atoms. The van der Waals surface area contributed by atoms with Crippen LogP contribution in [-0.2, 0) is 11.3 Å². The Morgan fingerprint density at radius 3 is 2.89 bits per heavy atom. The third kappa shape index (κ3) is 5.82. The maximum atomic E-state index is 8.56. The molecule has 2 N–H and O–H groups in total. The summed E-state index contributed by atoms with van der Waals surface area (Å²) < 4.78 is 11.8. The van der Waals surface area contributed by atoms with Crippen LogP contribution < -0.4 is 10.1 Å². The highest BCUT2D eigenvalue weighted by molar-refractivity contribution is 9.10. The van der Waals surface area contributed by atoms with Crippen LogP contribution in [0.15, 0.2) is 22.7 Å². The van der Waals surface area contributed by atoms with E-state index < -0.39 is 0 Å². The monoisotopic (exact) mass is 317 g/mol. The Morgan fingerprint density at radius 2 is 2.17 bits per heavy atom. The molecule has 0 aliphatic rings. The molecule has 0 radical (unpaired) electrons. The summed E-state index contributed by atoms with van der Waals surface area (Å²) in [5, 5.41) is 11.8. The summed E-state index contributed by atoms with van der Waals surface area (Å²) in [7, 11) is 0. The molecular formula is C13H20BrNO3. The first-order valence-corrected chi connectivity index (χ1v) is 6.87. The second kappa shape index (κ2) is 9.33. The molecule has 4 nitrogen and oxygen atoms in total. The van der Waals surface area contributed by atoms with Crippen molar-refractivity contribution in [3.05, 3.63) is 28.2 Å². The van der Waals surface area contributed by atoms with Gasteiger partial charge in [0.25, 0.3) is 0 Å². The standard InChI is InChI=1S/C13H20BrNO3/c1-2-18-13-4-3-12(14)9-11(13)10-15-5-7-17-8-6-16/h3-4,9,15-16H,2,5-8,10H2,1H3. The van der Waals surface area contributed by atoms with Gasteiger partial charge in [0.1, 0.15) is 5.75 Å². The van der Waals surface area contributed by atoms with Gasteiger partial charge < -0.3 is 19.9 Å². The lowest BCUT2D eigenvalue weighted by molar-refractivity contribution is 0.0937. The number of hydrogen-bond donors (Lipinski definition) is 2. The molecule has 1 rings (SSSR count). The molecule has 0 atom stereocenters. The highest BCUT2D eigenvalue weighted by atomic mass is 79.9. The SMILES string of the molecule is CCOc1ccc(Br)cc1CNCCOCCO. The van der Waals surface area contributed by atoms with Crippen molar-refractivity contribution in [3.8, 4) is 5.75 Å². The van der Waals surface area contributed by atoms with Gasteiger partial charge in [-0.15, -0.1) is 0 Å². The molecule has 0 aliphatic carbocycles. The fraction of sp³-hybridized carbons (Fsp3) is 0.538. The van der Waals surface area contributed by atoms with Crippen molar-refractivity contribution in [2.24, 2.45) is 0 Å². The van der Waals surface area contributed by atoms with E-state index in [1.54, 1.807) is 0 Å². The van der Waals surface area contributed by atoms with E-state index >= 15 is 0 Å². The van der Waals surface area contributed by atoms with Gasteiger partial charge in [0.05, 0.1) is 26.4 Å². The maximum Gasteiger partial charge on any atom is 0.123 e. The number of aliphatic hydroxyl groups excluding tert-OH is 1. The number of rotatable bonds is 9.